The third-order valence-electron chi connectivity index (χ3n) is 7.65. The number of hydrogen-bond donors (Lipinski definition) is 1. The van der Waals surface area contributed by atoms with Gasteiger partial charge in [0.1, 0.15) is 5.54 Å². The Bertz CT molecular complexity index is 842. The van der Waals surface area contributed by atoms with E-state index in [4.69, 9.17) is 17.3 Å². The highest BCUT2D eigenvalue weighted by Gasteiger charge is 2.61. The van der Waals surface area contributed by atoms with Crippen molar-refractivity contribution in [3.8, 4) is 0 Å². The molecule has 6 heteroatoms. The van der Waals surface area contributed by atoms with Gasteiger partial charge in [-0.25, -0.2) is 4.79 Å². The molecule has 1 aromatic carbocycles. The molecule has 0 unspecified atom stereocenters. The fourth-order valence-electron chi connectivity index (χ4n) is 5.86. The molecule has 1 atom stereocenters. The molecule has 0 radical (unpaired) electrons. The number of rotatable bonds is 3. The van der Waals surface area contributed by atoms with Gasteiger partial charge >= 0.3 is 6.03 Å². The lowest BCUT2D eigenvalue weighted by Crippen LogP contribution is -2.60. The Morgan fingerprint density at radius 2 is 1.78 bits per heavy atom. The standard InChI is InChI=1S/C21H24ClN3O2/c22-16-4-1-3-15(13-16)21-5-2-12-24(21)18(27)25(14-21)20-9-6-19(7-10-20,8-11-20)17(23)26/h1-5,13H,6-12,14H2,(H2,23,26)/t19?,20?,21-/m0/s1. The molecule has 5 aliphatic rings. The van der Waals surface area contributed by atoms with Crippen molar-refractivity contribution in [1.29, 1.82) is 0 Å². The molecule has 1 saturated heterocycles. The van der Waals surface area contributed by atoms with Crippen molar-refractivity contribution >= 4 is 23.5 Å². The summed E-state index contributed by atoms with van der Waals surface area (Å²) in [5.41, 5.74) is 5.84. The van der Waals surface area contributed by atoms with E-state index in [9.17, 15) is 9.59 Å². The Morgan fingerprint density at radius 3 is 2.41 bits per heavy atom. The molecule has 5 nitrogen and oxygen atoms in total. The van der Waals surface area contributed by atoms with Crippen LogP contribution >= 0.6 is 11.6 Å². The quantitative estimate of drug-likeness (QED) is 0.810. The van der Waals surface area contributed by atoms with E-state index < -0.39 is 5.54 Å². The van der Waals surface area contributed by atoms with Crippen LogP contribution < -0.4 is 5.73 Å². The van der Waals surface area contributed by atoms with Crippen LogP contribution in [0.2, 0.25) is 5.02 Å². The fraction of sp³-hybridized carbons (Fsp3) is 0.524. The van der Waals surface area contributed by atoms with Gasteiger partial charge in [-0.2, -0.15) is 0 Å². The van der Waals surface area contributed by atoms with E-state index in [2.05, 4.69) is 23.1 Å². The topological polar surface area (TPSA) is 66.6 Å². The minimum absolute atomic E-state index is 0.105. The van der Waals surface area contributed by atoms with Gasteiger partial charge in [-0.1, -0.05) is 35.9 Å². The smallest absolute Gasteiger partial charge is 0.321 e. The lowest BCUT2D eigenvalue weighted by molar-refractivity contribution is -0.137. The van der Waals surface area contributed by atoms with E-state index in [1.807, 2.05) is 23.1 Å². The van der Waals surface area contributed by atoms with Crippen LogP contribution in [0.1, 0.15) is 44.1 Å². The lowest BCUT2D eigenvalue weighted by Gasteiger charge is -2.55. The van der Waals surface area contributed by atoms with Crippen LogP contribution in [0.5, 0.6) is 0 Å². The molecule has 2 bridgehead atoms. The largest absolute Gasteiger partial charge is 0.369 e. The van der Waals surface area contributed by atoms with Gasteiger partial charge in [-0.15, -0.1) is 0 Å². The van der Waals surface area contributed by atoms with Crippen LogP contribution in [0.3, 0.4) is 0 Å². The zero-order valence-corrected chi connectivity index (χ0v) is 16.0. The molecule has 142 valence electrons. The zero-order chi connectivity index (χ0) is 18.9. The van der Waals surface area contributed by atoms with Crippen LogP contribution in [-0.2, 0) is 10.3 Å². The Morgan fingerprint density at radius 1 is 1.07 bits per heavy atom. The molecule has 1 aromatic rings. The van der Waals surface area contributed by atoms with Gasteiger partial charge in [0.05, 0.1) is 6.54 Å². The number of carbonyl (C=O) groups excluding carboxylic acids is 2. The van der Waals surface area contributed by atoms with Gasteiger partial charge < -0.3 is 15.5 Å². The summed E-state index contributed by atoms with van der Waals surface area (Å²) >= 11 is 6.25. The van der Waals surface area contributed by atoms with Crippen molar-refractivity contribution in [1.82, 2.24) is 9.80 Å². The SMILES string of the molecule is NC(=O)C12CCC(N3C[C@]4(c5cccc(Cl)c5)C=CCN4C3=O)(CC1)CC2. The molecule has 6 rings (SSSR count). The number of hydrogen-bond acceptors (Lipinski definition) is 2. The van der Waals surface area contributed by atoms with Gasteiger partial charge in [-0.05, 0) is 56.2 Å². The van der Waals surface area contributed by atoms with Crippen LogP contribution in [0, 0.1) is 5.41 Å². The average molecular weight is 386 g/mol. The summed E-state index contributed by atoms with van der Waals surface area (Å²) in [7, 11) is 0. The molecule has 2 N–H and O–H groups in total. The zero-order valence-electron chi connectivity index (χ0n) is 15.3. The number of halogens is 1. The highest BCUT2D eigenvalue weighted by Crippen LogP contribution is 2.57. The van der Waals surface area contributed by atoms with Gasteiger partial charge in [-0.3, -0.25) is 4.79 Å². The average Bonchev–Trinajstić information content (AvgIpc) is 3.23. The van der Waals surface area contributed by atoms with Crippen molar-refractivity contribution in [3.63, 3.8) is 0 Å². The van der Waals surface area contributed by atoms with E-state index in [0.717, 1.165) is 44.1 Å². The number of urea groups is 1. The summed E-state index contributed by atoms with van der Waals surface area (Å²) in [6.07, 6.45) is 9.23. The second-order valence-corrected chi connectivity index (χ2v) is 9.12. The number of fused-ring (bicyclic) bond motifs is 4. The summed E-state index contributed by atoms with van der Waals surface area (Å²) in [6.45, 7) is 1.27. The van der Waals surface area contributed by atoms with E-state index in [-0.39, 0.29) is 22.9 Å². The van der Waals surface area contributed by atoms with Crippen LogP contribution in [0.25, 0.3) is 0 Å². The molecule has 0 aromatic heterocycles. The number of carbonyl (C=O) groups is 2. The molecule has 4 fully saturated rings. The Hall–Kier alpha value is -2.01. The van der Waals surface area contributed by atoms with E-state index in [0.29, 0.717) is 18.1 Å². The number of nitrogens with two attached hydrogens (primary N) is 1. The highest BCUT2D eigenvalue weighted by molar-refractivity contribution is 6.30. The van der Waals surface area contributed by atoms with Gasteiger partial charge in [0.25, 0.3) is 0 Å². The van der Waals surface area contributed by atoms with Gasteiger partial charge in [0.15, 0.2) is 0 Å². The summed E-state index contributed by atoms with van der Waals surface area (Å²) in [6, 6.07) is 7.95. The van der Waals surface area contributed by atoms with Crippen molar-refractivity contribution < 1.29 is 9.59 Å². The van der Waals surface area contributed by atoms with Crippen LogP contribution in [0.15, 0.2) is 36.4 Å². The molecule has 0 spiro atoms. The minimum atomic E-state index is -0.438. The second kappa shape index (κ2) is 5.51. The molecule has 2 heterocycles. The maximum atomic E-state index is 13.4. The highest BCUT2D eigenvalue weighted by atomic mass is 35.5. The molecule has 3 saturated carbocycles. The normalized spacial score (nSPS) is 37.1. The maximum absolute atomic E-state index is 13.4. The molecule has 2 aliphatic heterocycles. The van der Waals surface area contributed by atoms with E-state index >= 15 is 0 Å². The number of benzene rings is 1. The predicted octanol–water partition coefficient (Wildman–Crippen LogP) is 3.42. The molecular formula is C21H24ClN3O2. The second-order valence-electron chi connectivity index (χ2n) is 8.69. The number of amides is 3. The molecule has 3 amide bonds. The summed E-state index contributed by atoms with van der Waals surface area (Å²) < 4.78 is 0. The fourth-order valence-corrected chi connectivity index (χ4v) is 6.05. The first-order chi connectivity index (χ1) is 12.9. The third kappa shape index (κ3) is 2.18. The van der Waals surface area contributed by atoms with E-state index in [1.165, 1.54) is 0 Å². The number of primary amides is 1. The monoisotopic (exact) mass is 385 g/mol. The Labute approximate surface area is 164 Å². The van der Waals surface area contributed by atoms with Crippen molar-refractivity contribution in [3.05, 3.63) is 47.0 Å². The first-order valence-electron chi connectivity index (χ1n) is 9.74. The van der Waals surface area contributed by atoms with Crippen molar-refractivity contribution in [2.45, 2.75) is 49.6 Å². The Balaban J connectivity index is 1.49. The summed E-state index contributed by atoms with van der Waals surface area (Å²) in [5, 5.41) is 0.688. The first kappa shape index (κ1) is 17.1. The molecule has 27 heavy (non-hydrogen) atoms. The Kier molecular flexibility index (Phi) is 3.49. The molecular weight excluding hydrogens is 362 g/mol. The van der Waals surface area contributed by atoms with Gasteiger partial charge in [0, 0.05) is 22.5 Å². The predicted molar refractivity (Wildman–Crippen MR) is 103 cm³/mol. The lowest BCUT2D eigenvalue weighted by atomic mass is 9.56. The van der Waals surface area contributed by atoms with Crippen molar-refractivity contribution in [2.75, 3.05) is 13.1 Å². The first-order valence-corrected chi connectivity index (χ1v) is 10.1. The van der Waals surface area contributed by atoms with Crippen LogP contribution in [0.4, 0.5) is 4.79 Å². The van der Waals surface area contributed by atoms with Crippen LogP contribution in [-0.4, -0.2) is 40.4 Å². The van der Waals surface area contributed by atoms with E-state index in [1.54, 1.807) is 0 Å². The molecule has 3 aliphatic carbocycles. The third-order valence-corrected chi connectivity index (χ3v) is 7.89. The number of nitrogens with zero attached hydrogens (tertiary/aromatic N) is 2. The summed E-state index contributed by atoms with van der Waals surface area (Å²) in [5.74, 6) is -0.164. The minimum Gasteiger partial charge on any atom is -0.369 e. The van der Waals surface area contributed by atoms with Gasteiger partial charge in [0.2, 0.25) is 5.91 Å². The van der Waals surface area contributed by atoms with Crippen molar-refractivity contribution in [2.24, 2.45) is 11.1 Å². The maximum Gasteiger partial charge on any atom is 0.321 e. The summed E-state index contributed by atoms with van der Waals surface area (Å²) in [4.78, 5) is 29.5.